The molecule has 22 heavy (non-hydrogen) atoms. The van der Waals surface area contributed by atoms with Gasteiger partial charge in [0.2, 0.25) is 0 Å². The molecule has 1 saturated heterocycles. The van der Waals surface area contributed by atoms with Crippen molar-refractivity contribution in [3.8, 4) is 11.5 Å². The van der Waals surface area contributed by atoms with Crippen LogP contribution in [0.15, 0.2) is 18.2 Å². The minimum absolute atomic E-state index is 0.0586. The molecular formula is C17H26N2O3. The molecule has 2 rings (SSSR count). The van der Waals surface area contributed by atoms with Crippen LogP contribution in [0.2, 0.25) is 0 Å². The molecule has 1 aromatic carbocycles. The Bertz CT molecular complexity index is 485. The van der Waals surface area contributed by atoms with Gasteiger partial charge in [-0.05, 0) is 50.9 Å². The first-order valence-corrected chi connectivity index (χ1v) is 8.15. The van der Waals surface area contributed by atoms with E-state index in [1.165, 1.54) is 0 Å². The molecule has 1 heterocycles. The van der Waals surface area contributed by atoms with E-state index in [2.05, 4.69) is 17.6 Å². The Hall–Kier alpha value is -1.75. The summed E-state index contributed by atoms with van der Waals surface area (Å²) in [6.45, 7) is 7.02. The molecule has 1 unspecified atom stereocenters. The highest BCUT2D eigenvalue weighted by atomic mass is 16.5. The minimum Gasteiger partial charge on any atom is -0.490 e. The van der Waals surface area contributed by atoms with Crippen LogP contribution in [0.3, 0.4) is 0 Å². The predicted molar refractivity (Wildman–Crippen MR) is 86.8 cm³/mol. The van der Waals surface area contributed by atoms with Crippen molar-refractivity contribution in [1.29, 1.82) is 0 Å². The molecule has 0 aliphatic carbocycles. The molecule has 1 amide bonds. The van der Waals surface area contributed by atoms with Gasteiger partial charge >= 0.3 is 0 Å². The first-order chi connectivity index (χ1) is 10.7. The topological polar surface area (TPSA) is 59.6 Å². The van der Waals surface area contributed by atoms with Crippen LogP contribution in [-0.4, -0.2) is 38.3 Å². The van der Waals surface area contributed by atoms with Gasteiger partial charge in [-0.1, -0.05) is 6.92 Å². The van der Waals surface area contributed by atoms with E-state index in [0.29, 0.717) is 30.3 Å². The second kappa shape index (κ2) is 8.63. The summed E-state index contributed by atoms with van der Waals surface area (Å²) in [4.78, 5) is 12.4. The molecule has 5 heteroatoms. The van der Waals surface area contributed by atoms with Crippen molar-refractivity contribution < 1.29 is 14.3 Å². The standard InChI is InChI=1S/C17H26N2O3/c1-3-10-22-15-8-7-13(11-16(15)21-4-2)17(20)19-14-6-5-9-18-12-14/h7-8,11,14,18H,3-6,9-10,12H2,1-2H3,(H,19,20). The van der Waals surface area contributed by atoms with Crippen molar-refractivity contribution in [2.45, 2.75) is 39.2 Å². The van der Waals surface area contributed by atoms with Gasteiger partial charge in [0.05, 0.1) is 13.2 Å². The van der Waals surface area contributed by atoms with E-state index < -0.39 is 0 Å². The molecular weight excluding hydrogens is 280 g/mol. The van der Waals surface area contributed by atoms with Crippen LogP contribution in [-0.2, 0) is 0 Å². The Morgan fingerprint density at radius 1 is 1.32 bits per heavy atom. The Balaban J connectivity index is 2.05. The molecule has 0 spiro atoms. The summed E-state index contributed by atoms with van der Waals surface area (Å²) >= 11 is 0. The van der Waals surface area contributed by atoms with E-state index in [9.17, 15) is 4.79 Å². The van der Waals surface area contributed by atoms with Crippen LogP contribution in [0.4, 0.5) is 0 Å². The van der Waals surface area contributed by atoms with E-state index in [4.69, 9.17) is 9.47 Å². The lowest BCUT2D eigenvalue weighted by molar-refractivity contribution is 0.0930. The van der Waals surface area contributed by atoms with E-state index in [1.807, 2.05) is 13.0 Å². The third kappa shape index (κ3) is 4.63. The van der Waals surface area contributed by atoms with Crippen LogP contribution in [0, 0.1) is 0 Å². The van der Waals surface area contributed by atoms with Crippen LogP contribution < -0.4 is 20.1 Å². The molecule has 122 valence electrons. The zero-order chi connectivity index (χ0) is 15.8. The van der Waals surface area contributed by atoms with Crippen LogP contribution in [0.1, 0.15) is 43.5 Å². The van der Waals surface area contributed by atoms with E-state index in [1.54, 1.807) is 12.1 Å². The number of ether oxygens (including phenoxy) is 2. The minimum atomic E-state index is -0.0586. The maximum atomic E-state index is 12.4. The summed E-state index contributed by atoms with van der Waals surface area (Å²) in [6.07, 6.45) is 3.05. The smallest absolute Gasteiger partial charge is 0.251 e. The summed E-state index contributed by atoms with van der Waals surface area (Å²) in [5.41, 5.74) is 0.609. The number of nitrogens with one attached hydrogen (secondary N) is 2. The van der Waals surface area contributed by atoms with Crippen molar-refractivity contribution >= 4 is 5.91 Å². The SMILES string of the molecule is CCCOc1ccc(C(=O)NC2CCCNC2)cc1OCC. The Labute approximate surface area is 132 Å². The third-order valence-corrected chi connectivity index (χ3v) is 3.60. The van der Waals surface area contributed by atoms with Crippen LogP contribution >= 0.6 is 0 Å². The second-order valence-corrected chi connectivity index (χ2v) is 5.46. The summed E-state index contributed by atoms with van der Waals surface area (Å²) < 4.78 is 11.3. The Morgan fingerprint density at radius 3 is 2.86 bits per heavy atom. The van der Waals surface area contributed by atoms with E-state index in [-0.39, 0.29) is 11.9 Å². The van der Waals surface area contributed by atoms with Gasteiger partial charge in [0.15, 0.2) is 11.5 Å². The highest BCUT2D eigenvalue weighted by molar-refractivity contribution is 5.95. The molecule has 1 atom stereocenters. The third-order valence-electron chi connectivity index (χ3n) is 3.60. The van der Waals surface area contributed by atoms with Gasteiger partial charge in [-0.2, -0.15) is 0 Å². The van der Waals surface area contributed by atoms with Crippen molar-refractivity contribution in [3.63, 3.8) is 0 Å². The maximum Gasteiger partial charge on any atom is 0.251 e. The van der Waals surface area contributed by atoms with Gasteiger partial charge in [-0.25, -0.2) is 0 Å². The number of carbonyl (C=O) groups excluding carboxylic acids is 1. The molecule has 0 bridgehead atoms. The lowest BCUT2D eigenvalue weighted by Crippen LogP contribution is -2.45. The second-order valence-electron chi connectivity index (χ2n) is 5.46. The Kier molecular flexibility index (Phi) is 6.52. The first-order valence-electron chi connectivity index (χ1n) is 8.15. The van der Waals surface area contributed by atoms with Gasteiger partial charge in [0.1, 0.15) is 0 Å². The monoisotopic (exact) mass is 306 g/mol. The van der Waals surface area contributed by atoms with Gasteiger partial charge < -0.3 is 20.1 Å². The summed E-state index contributed by atoms with van der Waals surface area (Å²) in [5, 5.41) is 6.37. The molecule has 1 fully saturated rings. The Morgan fingerprint density at radius 2 is 2.18 bits per heavy atom. The molecule has 1 aliphatic heterocycles. The average Bonchev–Trinajstić information content (AvgIpc) is 2.55. The van der Waals surface area contributed by atoms with Gasteiger partial charge in [-0.15, -0.1) is 0 Å². The first kappa shape index (κ1) is 16.6. The van der Waals surface area contributed by atoms with E-state index in [0.717, 1.165) is 32.4 Å². The normalized spacial score (nSPS) is 17.8. The maximum absolute atomic E-state index is 12.4. The number of carbonyl (C=O) groups is 1. The summed E-state index contributed by atoms with van der Waals surface area (Å²) in [6, 6.07) is 5.57. The largest absolute Gasteiger partial charge is 0.490 e. The average molecular weight is 306 g/mol. The molecule has 0 saturated carbocycles. The molecule has 0 radical (unpaired) electrons. The molecule has 5 nitrogen and oxygen atoms in total. The van der Waals surface area contributed by atoms with Crippen molar-refractivity contribution in [3.05, 3.63) is 23.8 Å². The highest BCUT2D eigenvalue weighted by Crippen LogP contribution is 2.28. The van der Waals surface area contributed by atoms with E-state index >= 15 is 0 Å². The lowest BCUT2D eigenvalue weighted by Gasteiger charge is -2.24. The number of hydrogen-bond acceptors (Lipinski definition) is 4. The number of hydrogen-bond donors (Lipinski definition) is 2. The summed E-state index contributed by atoms with van der Waals surface area (Å²) in [5.74, 6) is 1.27. The fourth-order valence-corrected chi connectivity index (χ4v) is 2.49. The van der Waals surface area contributed by atoms with Crippen molar-refractivity contribution in [2.75, 3.05) is 26.3 Å². The number of rotatable bonds is 7. The predicted octanol–water partition coefficient (Wildman–Crippen LogP) is 2.36. The van der Waals surface area contributed by atoms with Crippen LogP contribution in [0.25, 0.3) is 0 Å². The fraction of sp³-hybridized carbons (Fsp3) is 0.588. The molecule has 1 aliphatic rings. The molecule has 1 aromatic rings. The van der Waals surface area contributed by atoms with Gasteiger partial charge in [-0.3, -0.25) is 4.79 Å². The zero-order valence-electron chi connectivity index (χ0n) is 13.5. The van der Waals surface area contributed by atoms with Gasteiger partial charge in [0, 0.05) is 18.2 Å². The molecule has 0 aromatic heterocycles. The molecule has 2 N–H and O–H groups in total. The highest BCUT2D eigenvalue weighted by Gasteiger charge is 2.17. The zero-order valence-corrected chi connectivity index (χ0v) is 13.5. The van der Waals surface area contributed by atoms with Gasteiger partial charge in [0.25, 0.3) is 5.91 Å². The van der Waals surface area contributed by atoms with Crippen molar-refractivity contribution in [2.24, 2.45) is 0 Å². The number of piperidine rings is 1. The fourth-order valence-electron chi connectivity index (χ4n) is 2.49. The number of benzene rings is 1. The van der Waals surface area contributed by atoms with Crippen molar-refractivity contribution in [1.82, 2.24) is 10.6 Å². The number of amides is 1. The summed E-state index contributed by atoms with van der Waals surface area (Å²) in [7, 11) is 0. The lowest BCUT2D eigenvalue weighted by atomic mass is 10.1. The quantitative estimate of drug-likeness (QED) is 0.812. The van der Waals surface area contributed by atoms with Crippen LogP contribution in [0.5, 0.6) is 11.5 Å².